The molecule has 2 rings (SSSR count). The lowest BCUT2D eigenvalue weighted by atomic mass is 10.2. The van der Waals surface area contributed by atoms with E-state index >= 15 is 0 Å². The van der Waals surface area contributed by atoms with Crippen LogP contribution in [-0.2, 0) is 14.8 Å². The SMILES string of the molecule is CCS(=O)(=O)N[C@@H]1CC(=O)N(c2ccc(C)cc2)C1. The fourth-order valence-corrected chi connectivity index (χ4v) is 2.93. The van der Waals surface area contributed by atoms with Crippen molar-refractivity contribution in [1.82, 2.24) is 4.72 Å². The molecular formula is C13H18N2O3S. The lowest BCUT2D eigenvalue weighted by molar-refractivity contribution is -0.117. The summed E-state index contributed by atoms with van der Waals surface area (Å²) >= 11 is 0. The van der Waals surface area contributed by atoms with Crippen LogP contribution in [-0.4, -0.2) is 32.7 Å². The summed E-state index contributed by atoms with van der Waals surface area (Å²) in [4.78, 5) is 13.6. The Labute approximate surface area is 113 Å². The second kappa shape index (κ2) is 5.30. The highest BCUT2D eigenvalue weighted by Crippen LogP contribution is 2.22. The van der Waals surface area contributed by atoms with Crippen LogP contribution >= 0.6 is 0 Å². The molecule has 1 aliphatic rings. The molecule has 1 aromatic carbocycles. The van der Waals surface area contributed by atoms with Crippen LogP contribution in [0.5, 0.6) is 0 Å². The van der Waals surface area contributed by atoms with E-state index in [2.05, 4.69) is 4.72 Å². The van der Waals surface area contributed by atoms with Gasteiger partial charge in [0.05, 0.1) is 5.75 Å². The maximum atomic E-state index is 11.9. The fourth-order valence-electron chi connectivity index (χ4n) is 2.10. The summed E-state index contributed by atoms with van der Waals surface area (Å²) in [6.07, 6.45) is 0.215. The minimum atomic E-state index is -3.27. The maximum absolute atomic E-state index is 11.9. The van der Waals surface area contributed by atoms with Gasteiger partial charge in [0.25, 0.3) is 0 Å². The van der Waals surface area contributed by atoms with Gasteiger partial charge in [-0.1, -0.05) is 17.7 Å². The molecule has 1 aromatic rings. The number of amides is 1. The molecule has 0 aromatic heterocycles. The molecular weight excluding hydrogens is 264 g/mol. The first-order chi connectivity index (χ1) is 8.91. The van der Waals surface area contributed by atoms with E-state index < -0.39 is 10.0 Å². The molecule has 19 heavy (non-hydrogen) atoms. The fraction of sp³-hybridized carbons (Fsp3) is 0.462. The quantitative estimate of drug-likeness (QED) is 0.897. The number of aryl methyl sites for hydroxylation is 1. The average molecular weight is 282 g/mol. The van der Waals surface area contributed by atoms with E-state index in [0.29, 0.717) is 6.54 Å². The molecule has 1 saturated heterocycles. The van der Waals surface area contributed by atoms with Crippen molar-refractivity contribution in [2.24, 2.45) is 0 Å². The average Bonchev–Trinajstić information content (AvgIpc) is 2.70. The van der Waals surface area contributed by atoms with Crippen LogP contribution < -0.4 is 9.62 Å². The number of benzene rings is 1. The lowest BCUT2D eigenvalue weighted by Gasteiger charge is -2.17. The van der Waals surface area contributed by atoms with Crippen LogP contribution in [0.3, 0.4) is 0 Å². The Hall–Kier alpha value is -1.40. The van der Waals surface area contributed by atoms with Gasteiger partial charge in [0.15, 0.2) is 0 Å². The first-order valence-electron chi connectivity index (χ1n) is 6.28. The zero-order valence-corrected chi connectivity index (χ0v) is 11.9. The zero-order chi connectivity index (χ0) is 14.0. The number of hydrogen-bond donors (Lipinski definition) is 1. The second-order valence-corrected chi connectivity index (χ2v) is 6.80. The van der Waals surface area contributed by atoms with Crippen LogP contribution in [0.15, 0.2) is 24.3 Å². The molecule has 0 spiro atoms. The van der Waals surface area contributed by atoms with E-state index in [1.54, 1.807) is 11.8 Å². The van der Waals surface area contributed by atoms with Gasteiger partial charge in [-0.25, -0.2) is 13.1 Å². The van der Waals surface area contributed by atoms with Crippen LogP contribution in [0.2, 0.25) is 0 Å². The molecule has 0 radical (unpaired) electrons. The Morgan fingerprint density at radius 3 is 2.53 bits per heavy atom. The number of anilines is 1. The Bertz CT molecular complexity index is 566. The number of carbonyl (C=O) groups is 1. The number of nitrogens with one attached hydrogen (secondary N) is 1. The van der Waals surface area contributed by atoms with Crippen molar-refractivity contribution in [3.63, 3.8) is 0 Å². The van der Waals surface area contributed by atoms with Gasteiger partial charge in [-0.15, -0.1) is 0 Å². The van der Waals surface area contributed by atoms with E-state index in [9.17, 15) is 13.2 Å². The standard InChI is InChI=1S/C13H18N2O3S/c1-3-19(17,18)14-11-8-13(16)15(9-11)12-6-4-10(2)5-7-12/h4-7,11,14H,3,8-9H2,1-2H3/t11-/m1/s1. The number of rotatable bonds is 4. The highest BCUT2D eigenvalue weighted by molar-refractivity contribution is 7.89. The number of nitrogens with zero attached hydrogens (tertiary/aromatic N) is 1. The summed E-state index contributed by atoms with van der Waals surface area (Å²) in [5, 5.41) is 0. The highest BCUT2D eigenvalue weighted by atomic mass is 32.2. The third kappa shape index (κ3) is 3.33. The van der Waals surface area contributed by atoms with Crippen molar-refractivity contribution >= 4 is 21.6 Å². The van der Waals surface area contributed by atoms with Gasteiger partial charge in [0.1, 0.15) is 0 Å². The minimum absolute atomic E-state index is 0.0300. The molecule has 5 nitrogen and oxygen atoms in total. The van der Waals surface area contributed by atoms with E-state index in [4.69, 9.17) is 0 Å². The first kappa shape index (κ1) is 14.0. The molecule has 0 saturated carbocycles. The smallest absolute Gasteiger partial charge is 0.228 e. The van der Waals surface area contributed by atoms with Crippen molar-refractivity contribution in [3.05, 3.63) is 29.8 Å². The Balaban J connectivity index is 2.10. The molecule has 1 aliphatic heterocycles. The monoisotopic (exact) mass is 282 g/mol. The Morgan fingerprint density at radius 1 is 1.32 bits per heavy atom. The number of hydrogen-bond acceptors (Lipinski definition) is 3. The summed E-state index contributed by atoms with van der Waals surface area (Å²) in [6, 6.07) is 7.30. The topological polar surface area (TPSA) is 66.5 Å². The lowest BCUT2D eigenvalue weighted by Crippen LogP contribution is -2.37. The summed E-state index contributed by atoms with van der Waals surface area (Å²) in [5.41, 5.74) is 1.94. The van der Waals surface area contributed by atoms with Crippen LogP contribution in [0.1, 0.15) is 18.9 Å². The van der Waals surface area contributed by atoms with E-state index in [1.165, 1.54) is 0 Å². The van der Waals surface area contributed by atoms with Crippen LogP contribution in [0, 0.1) is 6.92 Å². The first-order valence-corrected chi connectivity index (χ1v) is 7.93. The van der Waals surface area contributed by atoms with Crippen molar-refractivity contribution in [1.29, 1.82) is 0 Å². The molecule has 0 unspecified atom stereocenters. The van der Waals surface area contributed by atoms with Crippen LogP contribution in [0.4, 0.5) is 5.69 Å². The van der Waals surface area contributed by atoms with Crippen LogP contribution in [0.25, 0.3) is 0 Å². The summed E-state index contributed by atoms with van der Waals surface area (Å²) < 4.78 is 25.6. The Kier molecular flexibility index (Phi) is 3.91. The van der Waals surface area contributed by atoms with Gasteiger partial charge in [0.2, 0.25) is 15.9 Å². The highest BCUT2D eigenvalue weighted by Gasteiger charge is 2.32. The normalized spacial score (nSPS) is 20.0. The molecule has 0 aliphatic carbocycles. The Morgan fingerprint density at radius 2 is 1.95 bits per heavy atom. The van der Waals surface area contributed by atoms with Crippen molar-refractivity contribution < 1.29 is 13.2 Å². The van der Waals surface area contributed by atoms with Gasteiger partial charge in [-0.2, -0.15) is 0 Å². The molecule has 6 heteroatoms. The molecule has 1 amide bonds. The zero-order valence-electron chi connectivity index (χ0n) is 11.1. The molecule has 1 atom stereocenters. The molecule has 1 fully saturated rings. The molecule has 1 N–H and O–H groups in total. The van der Waals surface area contributed by atoms with Crippen molar-refractivity contribution in [3.8, 4) is 0 Å². The van der Waals surface area contributed by atoms with Gasteiger partial charge in [0, 0.05) is 24.7 Å². The molecule has 1 heterocycles. The minimum Gasteiger partial charge on any atom is -0.311 e. The van der Waals surface area contributed by atoms with E-state index in [1.807, 2.05) is 31.2 Å². The third-order valence-electron chi connectivity index (χ3n) is 3.20. The van der Waals surface area contributed by atoms with Gasteiger partial charge < -0.3 is 4.90 Å². The third-order valence-corrected chi connectivity index (χ3v) is 4.65. The predicted octanol–water partition coefficient (Wildman–Crippen LogP) is 1.04. The van der Waals surface area contributed by atoms with E-state index in [-0.39, 0.29) is 24.1 Å². The molecule has 104 valence electrons. The van der Waals surface area contributed by atoms with E-state index in [0.717, 1.165) is 11.3 Å². The maximum Gasteiger partial charge on any atom is 0.228 e. The van der Waals surface area contributed by atoms with Crippen molar-refractivity contribution in [2.45, 2.75) is 26.3 Å². The van der Waals surface area contributed by atoms with Gasteiger partial charge >= 0.3 is 0 Å². The largest absolute Gasteiger partial charge is 0.311 e. The summed E-state index contributed by atoms with van der Waals surface area (Å²) in [6.45, 7) is 3.95. The summed E-state index contributed by atoms with van der Waals surface area (Å²) in [7, 11) is -3.27. The van der Waals surface area contributed by atoms with Gasteiger partial charge in [-0.3, -0.25) is 4.79 Å². The summed E-state index contributed by atoms with van der Waals surface area (Å²) in [5.74, 6) is -0.0185. The number of carbonyl (C=O) groups excluding carboxylic acids is 1. The molecule has 0 bridgehead atoms. The van der Waals surface area contributed by atoms with Crippen molar-refractivity contribution in [2.75, 3.05) is 17.2 Å². The second-order valence-electron chi connectivity index (χ2n) is 4.76. The van der Waals surface area contributed by atoms with Gasteiger partial charge in [-0.05, 0) is 26.0 Å². The predicted molar refractivity (Wildman–Crippen MR) is 74.5 cm³/mol. The number of sulfonamides is 1.